The van der Waals surface area contributed by atoms with Crippen molar-refractivity contribution in [2.75, 3.05) is 19.7 Å². The standard InChI is InChI=1S/C35H49N3O7/c1-7-9-15-28(40)36-20-27(24-13-11-10-12-14-24)44-34(43)29-26-16-17-35(45-26)30(29)32(41)38(25(21-39)19-22(3)4)31(35)33(42)37(18-8-2)23(5)6/h7-8,10-14,22-23,25-27,29-31,39H,1-2,9,15-21H2,3-6H3,(H,36,40)/t25-,26-,27+,29+,30+,31-,35+/m1/s1. The van der Waals surface area contributed by atoms with Gasteiger partial charge in [0.1, 0.15) is 17.7 Å². The molecule has 2 N–H and O–H groups in total. The predicted molar refractivity (Wildman–Crippen MR) is 170 cm³/mol. The Morgan fingerprint density at radius 1 is 1.18 bits per heavy atom. The van der Waals surface area contributed by atoms with E-state index in [4.69, 9.17) is 9.47 Å². The zero-order chi connectivity index (χ0) is 32.9. The van der Waals surface area contributed by atoms with Crippen LogP contribution in [-0.4, -0.2) is 88.1 Å². The van der Waals surface area contributed by atoms with Gasteiger partial charge < -0.3 is 29.7 Å². The summed E-state index contributed by atoms with van der Waals surface area (Å²) in [5.74, 6) is -3.15. The van der Waals surface area contributed by atoms with Crippen molar-refractivity contribution < 1.29 is 33.8 Å². The molecule has 0 radical (unpaired) electrons. The maximum absolute atomic E-state index is 14.5. The number of benzene rings is 1. The second kappa shape index (κ2) is 14.7. The van der Waals surface area contributed by atoms with Crippen LogP contribution in [0.5, 0.6) is 0 Å². The zero-order valence-electron chi connectivity index (χ0n) is 27.0. The number of aliphatic hydroxyl groups is 1. The Morgan fingerprint density at radius 3 is 2.49 bits per heavy atom. The van der Waals surface area contributed by atoms with Gasteiger partial charge in [0.25, 0.3) is 0 Å². The number of allylic oxidation sites excluding steroid dienone is 1. The minimum atomic E-state index is -1.22. The van der Waals surface area contributed by atoms with Gasteiger partial charge in [0.2, 0.25) is 17.7 Å². The van der Waals surface area contributed by atoms with E-state index in [1.165, 1.54) is 4.90 Å². The number of nitrogens with one attached hydrogen (secondary N) is 1. The van der Waals surface area contributed by atoms with Gasteiger partial charge in [-0.3, -0.25) is 19.2 Å². The number of fused-ring (bicyclic) bond motifs is 1. The Hall–Kier alpha value is -3.50. The monoisotopic (exact) mass is 623 g/mol. The van der Waals surface area contributed by atoms with Gasteiger partial charge in [-0.15, -0.1) is 13.2 Å². The molecule has 1 aromatic carbocycles. The van der Waals surface area contributed by atoms with Crippen molar-refractivity contribution in [3.05, 3.63) is 61.2 Å². The Labute approximate surface area is 266 Å². The lowest BCUT2D eigenvalue weighted by Gasteiger charge is -2.40. The fourth-order valence-corrected chi connectivity index (χ4v) is 7.35. The molecule has 3 aliphatic rings. The van der Waals surface area contributed by atoms with E-state index in [0.29, 0.717) is 31.2 Å². The molecule has 4 rings (SSSR count). The van der Waals surface area contributed by atoms with Crippen molar-refractivity contribution in [3.8, 4) is 0 Å². The van der Waals surface area contributed by atoms with E-state index < -0.39 is 47.7 Å². The largest absolute Gasteiger partial charge is 0.455 e. The third-order valence-corrected chi connectivity index (χ3v) is 9.31. The molecule has 10 heteroatoms. The third kappa shape index (κ3) is 6.87. The van der Waals surface area contributed by atoms with Gasteiger partial charge in [-0.2, -0.15) is 0 Å². The minimum absolute atomic E-state index is 0.0623. The summed E-state index contributed by atoms with van der Waals surface area (Å²) in [6.07, 6.45) is 4.14. The molecule has 0 unspecified atom stereocenters. The zero-order valence-corrected chi connectivity index (χ0v) is 27.0. The number of nitrogens with zero attached hydrogens (tertiary/aromatic N) is 2. The topological polar surface area (TPSA) is 125 Å². The van der Waals surface area contributed by atoms with Crippen LogP contribution < -0.4 is 5.32 Å². The first kappa shape index (κ1) is 34.4. The minimum Gasteiger partial charge on any atom is -0.455 e. The van der Waals surface area contributed by atoms with E-state index >= 15 is 0 Å². The number of carbonyl (C=O) groups excluding carboxylic acids is 4. The van der Waals surface area contributed by atoms with Crippen LogP contribution in [0.25, 0.3) is 0 Å². The Morgan fingerprint density at radius 2 is 1.89 bits per heavy atom. The van der Waals surface area contributed by atoms with Crippen LogP contribution in [0.3, 0.4) is 0 Å². The van der Waals surface area contributed by atoms with Gasteiger partial charge in [0.05, 0.1) is 37.1 Å². The maximum atomic E-state index is 14.5. The Bertz CT molecular complexity index is 1250. The van der Waals surface area contributed by atoms with Gasteiger partial charge in [0.15, 0.2) is 0 Å². The summed E-state index contributed by atoms with van der Waals surface area (Å²) in [6.45, 7) is 15.3. The average molecular weight is 624 g/mol. The maximum Gasteiger partial charge on any atom is 0.313 e. The molecule has 246 valence electrons. The number of hydrogen-bond acceptors (Lipinski definition) is 7. The summed E-state index contributed by atoms with van der Waals surface area (Å²) >= 11 is 0. The fourth-order valence-electron chi connectivity index (χ4n) is 7.35. The number of likely N-dealkylation sites (tertiary alicyclic amines) is 1. The van der Waals surface area contributed by atoms with Crippen LogP contribution in [0.1, 0.15) is 71.5 Å². The molecule has 3 fully saturated rings. The quantitative estimate of drug-likeness (QED) is 0.213. The second-order valence-corrected chi connectivity index (χ2v) is 13.1. The van der Waals surface area contributed by atoms with Crippen molar-refractivity contribution in [1.29, 1.82) is 0 Å². The van der Waals surface area contributed by atoms with E-state index in [0.717, 1.165) is 0 Å². The highest BCUT2D eigenvalue weighted by Crippen LogP contribution is 2.59. The van der Waals surface area contributed by atoms with Crippen molar-refractivity contribution in [2.24, 2.45) is 17.8 Å². The van der Waals surface area contributed by atoms with Gasteiger partial charge in [-0.05, 0) is 51.0 Å². The average Bonchev–Trinajstić information content (AvgIpc) is 3.66. The molecule has 0 aromatic heterocycles. The second-order valence-electron chi connectivity index (χ2n) is 13.1. The molecule has 3 saturated heterocycles. The van der Waals surface area contributed by atoms with Crippen molar-refractivity contribution >= 4 is 23.7 Å². The predicted octanol–water partition coefficient (Wildman–Crippen LogP) is 3.56. The lowest BCUT2D eigenvalue weighted by atomic mass is 9.70. The lowest BCUT2D eigenvalue weighted by Crippen LogP contribution is -2.59. The SMILES string of the molecule is C=CCCC(=O)NC[C@H](OC(=O)[C@@H]1[C@H]2C(=O)N([C@@H](CO)CC(C)C)[C@H](C(=O)N(CC=C)C(C)C)[C@]23CC[C@H]1O3)c1ccccc1. The van der Waals surface area contributed by atoms with E-state index in [-0.39, 0.29) is 55.8 Å². The molecule has 10 nitrogen and oxygen atoms in total. The van der Waals surface area contributed by atoms with Crippen LogP contribution in [0.2, 0.25) is 0 Å². The molecule has 3 aliphatic heterocycles. The molecule has 0 aliphatic carbocycles. The normalized spacial score (nSPS) is 26.5. The van der Waals surface area contributed by atoms with Crippen molar-refractivity contribution in [2.45, 2.75) is 95.7 Å². The molecular formula is C35H49N3O7. The smallest absolute Gasteiger partial charge is 0.313 e. The van der Waals surface area contributed by atoms with Crippen LogP contribution in [-0.2, 0) is 28.7 Å². The summed E-state index contributed by atoms with van der Waals surface area (Å²) in [5, 5.41) is 13.4. The Kier molecular flexibility index (Phi) is 11.3. The fraction of sp³-hybridized carbons (Fsp3) is 0.600. The number of amides is 3. The lowest BCUT2D eigenvalue weighted by molar-refractivity contribution is -0.161. The molecule has 2 bridgehead atoms. The number of rotatable bonds is 16. The highest BCUT2D eigenvalue weighted by atomic mass is 16.6. The van der Waals surface area contributed by atoms with Gasteiger partial charge in [-0.1, -0.05) is 56.3 Å². The van der Waals surface area contributed by atoms with E-state index in [1.54, 1.807) is 17.1 Å². The van der Waals surface area contributed by atoms with Gasteiger partial charge in [-0.25, -0.2) is 0 Å². The number of ether oxygens (including phenoxy) is 2. The summed E-state index contributed by atoms with van der Waals surface area (Å²) in [6, 6.07) is 7.36. The van der Waals surface area contributed by atoms with Gasteiger partial charge in [0, 0.05) is 19.0 Å². The van der Waals surface area contributed by atoms with Gasteiger partial charge >= 0.3 is 5.97 Å². The van der Waals surface area contributed by atoms with E-state index in [9.17, 15) is 24.3 Å². The third-order valence-electron chi connectivity index (χ3n) is 9.31. The molecule has 3 heterocycles. The first-order chi connectivity index (χ1) is 21.5. The van der Waals surface area contributed by atoms with Crippen LogP contribution in [0, 0.1) is 17.8 Å². The number of esters is 1. The van der Waals surface area contributed by atoms with Crippen molar-refractivity contribution in [1.82, 2.24) is 15.1 Å². The van der Waals surface area contributed by atoms with Crippen molar-refractivity contribution in [3.63, 3.8) is 0 Å². The Balaban J connectivity index is 1.68. The first-order valence-corrected chi connectivity index (χ1v) is 16.2. The molecule has 0 saturated carbocycles. The molecule has 1 aromatic rings. The van der Waals surface area contributed by atoms with Crippen LogP contribution in [0.15, 0.2) is 55.6 Å². The summed E-state index contributed by atoms with van der Waals surface area (Å²) in [7, 11) is 0. The number of hydrogen-bond donors (Lipinski definition) is 2. The summed E-state index contributed by atoms with van der Waals surface area (Å²) in [4.78, 5) is 58.6. The molecular weight excluding hydrogens is 574 g/mol. The summed E-state index contributed by atoms with van der Waals surface area (Å²) in [5.41, 5.74) is -0.516. The molecule has 45 heavy (non-hydrogen) atoms. The first-order valence-electron chi connectivity index (χ1n) is 16.2. The van der Waals surface area contributed by atoms with Crippen LogP contribution >= 0.6 is 0 Å². The summed E-state index contributed by atoms with van der Waals surface area (Å²) < 4.78 is 12.7. The highest BCUT2D eigenvalue weighted by Gasteiger charge is 2.75. The molecule has 3 amide bonds. The molecule has 7 atom stereocenters. The number of carbonyl (C=O) groups is 4. The van der Waals surface area contributed by atoms with E-state index in [1.807, 2.05) is 58.0 Å². The molecule has 1 spiro atoms. The van der Waals surface area contributed by atoms with Crippen LogP contribution in [0.4, 0.5) is 0 Å². The highest BCUT2D eigenvalue weighted by molar-refractivity contribution is 5.98. The van der Waals surface area contributed by atoms with E-state index in [2.05, 4.69) is 18.5 Å². The number of aliphatic hydroxyl groups excluding tert-OH is 1.